The van der Waals surface area contributed by atoms with E-state index in [-0.39, 0.29) is 5.56 Å². The van der Waals surface area contributed by atoms with Crippen molar-refractivity contribution in [3.8, 4) is 11.3 Å². The molecule has 0 aliphatic heterocycles. The zero-order chi connectivity index (χ0) is 13.1. The topological polar surface area (TPSA) is 37.8 Å². The Bertz CT molecular complexity index is 593. The van der Waals surface area contributed by atoms with Crippen LogP contribution in [0.1, 0.15) is 31.4 Å². The highest BCUT2D eigenvalue weighted by Crippen LogP contribution is 2.21. The minimum Gasteiger partial charge on any atom is -0.295 e. The molecule has 0 unspecified atom stereocenters. The van der Waals surface area contributed by atoms with Crippen molar-refractivity contribution in [2.75, 3.05) is 0 Å². The summed E-state index contributed by atoms with van der Waals surface area (Å²) in [5, 5.41) is 3.25. The Morgan fingerprint density at radius 2 is 2.06 bits per heavy atom. The van der Waals surface area contributed by atoms with Crippen molar-refractivity contribution in [2.24, 2.45) is 0 Å². The fourth-order valence-corrected chi connectivity index (χ4v) is 2.27. The fourth-order valence-electron chi connectivity index (χ4n) is 2.27. The van der Waals surface area contributed by atoms with Crippen LogP contribution >= 0.6 is 0 Å². The number of hydrogen-bond donors (Lipinski definition) is 1. The highest BCUT2D eigenvalue weighted by molar-refractivity contribution is 5.63. The second kappa shape index (κ2) is 5.25. The maximum atomic E-state index is 12.2. The molecule has 1 N–H and O–H groups in total. The number of aromatic amines is 1. The summed E-state index contributed by atoms with van der Waals surface area (Å²) in [5.41, 5.74) is 4.28. The lowest BCUT2D eigenvalue weighted by Crippen LogP contribution is -2.18. The van der Waals surface area contributed by atoms with Crippen LogP contribution in [0.2, 0.25) is 0 Å². The molecule has 1 aromatic carbocycles. The van der Waals surface area contributed by atoms with Crippen LogP contribution < -0.4 is 5.56 Å². The normalized spacial score (nSPS) is 10.8. The van der Waals surface area contributed by atoms with Gasteiger partial charge in [0.15, 0.2) is 0 Å². The van der Waals surface area contributed by atoms with E-state index in [2.05, 4.69) is 31.1 Å². The first kappa shape index (κ1) is 12.7. The Morgan fingerprint density at radius 1 is 1.28 bits per heavy atom. The molecule has 0 amide bonds. The number of hydrogen-bond acceptors (Lipinski definition) is 1. The molecule has 3 heteroatoms. The second-order valence-electron chi connectivity index (χ2n) is 4.65. The zero-order valence-electron chi connectivity index (χ0n) is 11.3. The van der Waals surface area contributed by atoms with Crippen molar-refractivity contribution in [1.82, 2.24) is 9.78 Å². The minimum absolute atomic E-state index is 0.121. The number of benzene rings is 1. The summed E-state index contributed by atoms with van der Waals surface area (Å²) in [6, 6.07) is 8.25. The third kappa shape index (κ3) is 2.26. The fraction of sp³-hybridized carbons (Fsp3) is 0.400. The first-order valence-electron chi connectivity index (χ1n) is 6.56. The molecule has 0 spiro atoms. The summed E-state index contributed by atoms with van der Waals surface area (Å²) >= 11 is 0. The summed E-state index contributed by atoms with van der Waals surface area (Å²) in [6.45, 7) is 6.92. The zero-order valence-corrected chi connectivity index (χ0v) is 11.3. The quantitative estimate of drug-likeness (QED) is 0.881. The first-order valence-corrected chi connectivity index (χ1v) is 6.56. The summed E-state index contributed by atoms with van der Waals surface area (Å²) in [7, 11) is 0. The molecule has 1 aromatic heterocycles. The van der Waals surface area contributed by atoms with Crippen molar-refractivity contribution in [2.45, 2.75) is 40.2 Å². The number of nitrogens with one attached hydrogen (secondary N) is 1. The highest BCUT2D eigenvalue weighted by Gasteiger charge is 2.13. The van der Waals surface area contributed by atoms with E-state index in [1.54, 1.807) is 4.68 Å². The van der Waals surface area contributed by atoms with Crippen LogP contribution in [0, 0.1) is 6.92 Å². The van der Waals surface area contributed by atoms with Crippen molar-refractivity contribution in [3.63, 3.8) is 0 Å². The molecular weight excluding hydrogens is 224 g/mol. The number of aryl methyl sites for hydroxylation is 2. The van der Waals surface area contributed by atoms with Crippen molar-refractivity contribution >= 4 is 0 Å². The number of aromatic nitrogens is 2. The maximum absolute atomic E-state index is 12.2. The molecule has 18 heavy (non-hydrogen) atoms. The van der Waals surface area contributed by atoms with E-state index in [0.29, 0.717) is 0 Å². The molecule has 2 rings (SSSR count). The summed E-state index contributed by atoms with van der Waals surface area (Å²) in [4.78, 5) is 12.2. The predicted octanol–water partition coefficient (Wildman–Crippen LogP) is 3.12. The third-order valence-corrected chi connectivity index (χ3v) is 3.16. The van der Waals surface area contributed by atoms with Gasteiger partial charge in [-0.3, -0.25) is 14.6 Å². The monoisotopic (exact) mass is 244 g/mol. The van der Waals surface area contributed by atoms with Gasteiger partial charge < -0.3 is 0 Å². The third-order valence-electron chi connectivity index (χ3n) is 3.16. The lowest BCUT2D eigenvalue weighted by Gasteiger charge is -2.02. The van der Waals surface area contributed by atoms with Crippen LogP contribution in [-0.4, -0.2) is 9.78 Å². The minimum atomic E-state index is 0.121. The van der Waals surface area contributed by atoms with Gasteiger partial charge in [0.05, 0.1) is 5.69 Å². The summed E-state index contributed by atoms with van der Waals surface area (Å²) in [6.07, 6.45) is 1.71. The van der Waals surface area contributed by atoms with Crippen LogP contribution in [0.25, 0.3) is 11.3 Å². The van der Waals surface area contributed by atoms with Crippen molar-refractivity contribution < 1.29 is 0 Å². The Morgan fingerprint density at radius 3 is 2.67 bits per heavy atom. The Labute approximate surface area is 107 Å². The predicted molar refractivity (Wildman–Crippen MR) is 74.9 cm³/mol. The van der Waals surface area contributed by atoms with Gasteiger partial charge in [-0.1, -0.05) is 37.6 Å². The average Bonchev–Trinajstić information content (AvgIpc) is 2.67. The molecule has 96 valence electrons. The van der Waals surface area contributed by atoms with Gasteiger partial charge in [-0.15, -0.1) is 0 Å². The summed E-state index contributed by atoms with van der Waals surface area (Å²) in [5.74, 6) is 0. The number of H-pyrrole nitrogens is 1. The van der Waals surface area contributed by atoms with Crippen LogP contribution in [0.3, 0.4) is 0 Å². The molecule has 0 atom stereocenters. The average molecular weight is 244 g/mol. The molecular formula is C15H20N2O. The molecule has 0 radical (unpaired) electrons. The Hall–Kier alpha value is -1.77. The SMILES string of the molecule is CCCn1[nH]c(-c2cccc(C)c2)c(CC)c1=O. The molecule has 0 aliphatic carbocycles. The van der Waals surface area contributed by atoms with E-state index in [0.717, 1.165) is 36.2 Å². The molecule has 0 saturated carbocycles. The van der Waals surface area contributed by atoms with Crippen LogP contribution in [-0.2, 0) is 13.0 Å². The lowest BCUT2D eigenvalue weighted by molar-refractivity contribution is 0.585. The van der Waals surface area contributed by atoms with Gasteiger partial charge >= 0.3 is 0 Å². The van der Waals surface area contributed by atoms with Crippen LogP contribution in [0.15, 0.2) is 29.1 Å². The molecule has 0 saturated heterocycles. The standard InChI is InChI=1S/C15H20N2O/c1-4-9-17-15(18)13(5-2)14(16-17)12-8-6-7-11(3)10-12/h6-8,10,16H,4-5,9H2,1-3H3. The van der Waals surface area contributed by atoms with Gasteiger partial charge in [0, 0.05) is 17.7 Å². The van der Waals surface area contributed by atoms with Crippen molar-refractivity contribution in [1.29, 1.82) is 0 Å². The molecule has 3 nitrogen and oxygen atoms in total. The van der Waals surface area contributed by atoms with Gasteiger partial charge in [-0.05, 0) is 25.8 Å². The smallest absolute Gasteiger partial charge is 0.270 e. The van der Waals surface area contributed by atoms with E-state index >= 15 is 0 Å². The lowest BCUT2D eigenvalue weighted by atomic mass is 10.0. The van der Waals surface area contributed by atoms with Gasteiger partial charge in [-0.25, -0.2) is 0 Å². The van der Waals surface area contributed by atoms with Crippen molar-refractivity contribution in [3.05, 3.63) is 45.7 Å². The molecule has 0 aliphatic rings. The first-order chi connectivity index (χ1) is 8.67. The highest BCUT2D eigenvalue weighted by atomic mass is 16.1. The number of rotatable bonds is 4. The Balaban J connectivity index is 2.57. The second-order valence-corrected chi connectivity index (χ2v) is 4.65. The van der Waals surface area contributed by atoms with E-state index in [1.165, 1.54) is 5.56 Å². The van der Waals surface area contributed by atoms with E-state index in [4.69, 9.17) is 0 Å². The van der Waals surface area contributed by atoms with Gasteiger partial charge in [-0.2, -0.15) is 0 Å². The molecule has 1 heterocycles. The number of nitrogens with zero attached hydrogens (tertiary/aromatic N) is 1. The van der Waals surface area contributed by atoms with Gasteiger partial charge in [0.2, 0.25) is 0 Å². The van der Waals surface area contributed by atoms with Gasteiger partial charge in [0.1, 0.15) is 0 Å². The van der Waals surface area contributed by atoms with E-state index < -0.39 is 0 Å². The van der Waals surface area contributed by atoms with Crippen LogP contribution in [0.5, 0.6) is 0 Å². The van der Waals surface area contributed by atoms with Crippen LogP contribution in [0.4, 0.5) is 0 Å². The van der Waals surface area contributed by atoms with E-state index in [1.807, 2.05) is 19.1 Å². The Kier molecular flexibility index (Phi) is 3.70. The molecule has 0 fully saturated rings. The molecule has 0 bridgehead atoms. The van der Waals surface area contributed by atoms with Gasteiger partial charge in [0.25, 0.3) is 5.56 Å². The maximum Gasteiger partial charge on any atom is 0.270 e. The van der Waals surface area contributed by atoms with E-state index in [9.17, 15) is 4.79 Å². The summed E-state index contributed by atoms with van der Waals surface area (Å²) < 4.78 is 1.72. The molecule has 2 aromatic rings. The largest absolute Gasteiger partial charge is 0.295 e.